The summed E-state index contributed by atoms with van der Waals surface area (Å²) in [5.74, 6) is 1.56. The maximum Gasteiger partial charge on any atom is 0.225 e. The number of rotatable bonds is 3. The van der Waals surface area contributed by atoms with Crippen LogP contribution in [0.15, 0.2) is 18.5 Å². The van der Waals surface area contributed by atoms with Crippen molar-refractivity contribution in [3.8, 4) is 0 Å². The van der Waals surface area contributed by atoms with Crippen LogP contribution in [0.25, 0.3) is 0 Å². The van der Waals surface area contributed by atoms with E-state index >= 15 is 0 Å². The fraction of sp³-hybridized carbons (Fsp3) is 0.733. The first-order valence-electron chi connectivity index (χ1n) is 7.83. The third-order valence-electron chi connectivity index (χ3n) is 4.67. The summed E-state index contributed by atoms with van der Waals surface area (Å²) in [5.41, 5.74) is 6.26. The SMILES string of the molecule is NC1CCCCC1CN1CCN(c2ncccn2)CC1. The molecular formula is C15H25N5. The van der Waals surface area contributed by atoms with Gasteiger partial charge < -0.3 is 10.6 Å². The molecule has 1 aliphatic carbocycles. The van der Waals surface area contributed by atoms with E-state index in [1.165, 1.54) is 32.2 Å². The molecule has 5 nitrogen and oxygen atoms in total. The van der Waals surface area contributed by atoms with Crippen molar-refractivity contribution in [2.45, 2.75) is 31.7 Å². The molecule has 1 saturated heterocycles. The molecule has 2 aliphatic rings. The zero-order valence-electron chi connectivity index (χ0n) is 12.1. The Balaban J connectivity index is 1.49. The highest BCUT2D eigenvalue weighted by Gasteiger charge is 2.26. The average Bonchev–Trinajstić information content (AvgIpc) is 2.51. The van der Waals surface area contributed by atoms with E-state index < -0.39 is 0 Å². The minimum Gasteiger partial charge on any atom is -0.338 e. The Hall–Kier alpha value is -1.20. The van der Waals surface area contributed by atoms with Crippen LogP contribution in [0, 0.1) is 5.92 Å². The van der Waals surface area contributed by atoms with Gasteiger partial charge in [0.25, 0.3) is 0 Å². The lowest BCUT2D eigenvalue weighted by molar-refractivity contribution is 0.176. The van der Waals surface area contributed by atoms with Crippen LogP contribution < -0.4 is 10.6 Å². The van der Waals surface area contributed by atoms with Crippen molar-refractivity contribution in [3.05, 3.63) is 18.5 Å². The molecule has 3 rings (SSSR count). The van der Waals surface area contributed by atoms with Crippen LogP contribution in [0.4, 0.5) is 5.95 Å². The Morgan fingerprint density at radius 3 is 2.45 bits per heavy atom. The summed E-state index contributed by atoms with van der Waals surface area (Å²) in [6.07, 6.45) is 8.82. The first-order chi connectivity index (χ1) is 9.83. The Morgan fingerprint density at radius 2 is 1.75 bits per heavy atom. The van der Waals surface area contributed by atoms with Gasteiger partial charge in [0.2, 0.25) is 5.95 Å². The molecule has 1 saturated carbocycles. The van der Waals surface area contributed by atoms with E-state index in [9.17, 15) is 0 Å². The summed E-state index contributed by atoms with van der Waals surface area (Å²) in [5, 5.41) is 0. The number of anilines is 1. The van der Waals surface area contributed by atoms with Crippen LogP contribution in [0.5, 0.6) is 0 Å². The molecule has 0 aromatic carbocycles. The number of nitrogens with zero attached hydrogens (tertiary/aromatic N) is 4. The van der Waals surface area contributed by atoms with Crippen molar-refractivity contribution >= 4 is 5.95 Å². The average molecular weight is 275 g/mol. The van der Waals surface area contributed by atoms with E-state index in [4.69, 9.17) is 5.73 Å². The first-order valence-corrected chi connectivity index (χ1v) is 7.83. The van der Waals surface area contributed by atoms with Gasteiger partial charge in [-0.3, -0.25) is 4.90 Å². The number of hydrogen-bond donors (Lipinski definition) is 1. The molecule has 1 aliphatic heterocycles. The second-order valence-electron chi connectivity index (χ2n) is 6.04. The van der Waals surface area contributed by atoms with E-state index in [-0.39, 0.29) is 0 Å². The summed E-state index contributed by atoms with van der Waals surface area (Å²) >= 11 is 0. The van der Waals surface area contributed by atoms with Gasteiger partial charge in [0.05, 0.1) is 0 Å². The van der Waals surface area contributed by atoms with Crippen LogP contribution >= 0.6 is 0 Å². The molecule has 1 aromatic rings. The zero-order chi connectivity index (χ0) is 13.8. The molecule has 2 atom stereocenters. The van der Waals surface area contributed by atoms with Crippen LogP contribution in [-0.2, 0) is 0 Å². The molecule has 0 bridgehead atoms. The maximum atomic E-state index is 6.26. The normalized spacial score (nSPS) is 28.6. The summed E-state index contributed by atoms with van der Waals surface area (Å²) in [6.45, 7) is 5.41. The highest BCUT2D eigenvalue weighted by Crippen LogP contribution is 2.24. The van der Waals surface area contributed by atoms with Crippen molar-refractivity contribution in [3.63, 3.8) is 0 Å². The molecule has 0 amide bonds. The predicted octanol–water partition coefficient (Wildman–Crippen LogP) is 1.12. The summed E-state index contributed by atoms with van der Waals surface area (Å²) in [6, 6.07) is 2.28. The molecule has 5 heteroatoms. The lowest BCUT2D eigenvalue weighted by atomic mass is 9.84. The van der Waals surface area contributed by atoms with Gasteiger partial charge in [-0.15, -0.1) is 0 Å². The predicted molar refractivity (Wildman–Crippen MR) is 80.6 cm³/mol. The van der Waals surface area contributed by atoms with Gasteiger partial charge in [-0.2, -0.15) is 0 Å². The summed E-state index contributed by atoms with van der Waals surface area (Å²) in [4.78, 5) is 13.5. The van der Waals surface area contributed by atoms with Crippen LogP contribution in [-0.4, -0.2) is 53.6 Å². The molecule has 2 unspecified atom stereocenters. The highest BCUT2D eigenvalue weighted by molar-refractivity contribution is 5.29. The lowest BCUT2D eigenvalue weighted by Crippen LogP contribution is -2.50. The van der Waals surface area contributed by atoms with E-state index in [0.29, 0.717) is 12.0 Å². The van der Waals surface area contributed by atoms with Crippen molar-refractivity contribution in [2.24, 2.45) is 11.7 Å². The zero-order valence-corrected chi connectivity index (χ0v) is 12.1. The molecule has 0 spiro atoms. The molecular weight excluding hydrogens is 250 g/mol. The van der Waals surface area contributed by atoms with Gasteiger partial charge in [-0.25, -0.2) is 9.97 Å². The van der Waals surface area contributed by atoms with Crippen molar-refractivity contribution < 1.29 is 0 Å². The van der Waals surface area contributed by atoms with E-state index in [2.05, 4.69) is 19.8 Å². The number of hydrogen-bond acceptors (Lipinski definition) is 5. The van der Waals surface area contributed by atoms with E-state index in [1.54, 1.807) is 0 Å². The van der Waals surface area contributed by atoms with Crippen LogP contribution in [0.3, 0.4) is 0 Å². The maximum absolute atomic E-state index is 6.26. The quantitative estimate of drug-likeness (QED) is 0.895. The topological polar surface area (TPSA) is 58.3 Å². The minimum absolute atomic E-state index is 0.416. The third-order valence-corrected chi connectivity index (χ3v) is 4.67. The van der Waals surface area contributed by atoms with Gasteiger partial charge in [-0.1, -0.05) is 12.8 Å². The second-order valence-corrected chi connectivity index (χ2v) is 6.04. The van der Waals surface area contributed by atoms with Crippen molar-refractivity contribution in [2.75, 3.05) is 37.6 Å². The fourth-order valence-corrected chi connectivity index (χ4v) is 3.38. The van der Waals surface area contributed by atoms with E-state index in [0.717, 1.165) is 32.1 Å². The largest absolute Gasteiger partial charge is 0.338 e. The third kappa shape index (κ3) is 3.27. The first kappa shape index (κ1) is 13.8. The number of piperazine rings is 1. The Morgan fingerprint density at radius 1 is 1.05 bits per heavy atom. The van der Waals surface area contributed by atoms with Gasteiger partial charge in [-0.05, 0) is 24.8 Å². The fourth-order valence-electron chi connectivity index (χ4n) is 3.38. The Labute approximate surface area is 121 Å². The molecule has 2 heterocycles. The van der Waals surface area contributed by atoms with E-state index in [1.807, 2.05) is 18.5 Å². The number of aromatic nitrogens is 2. The Bertz CT molecular complexity index is 402. The smallest absolute Gasteiger partial charge is 0.225 e. The second kappa shape index (κ2) is 6.50. The van der Waals surface area contributed by atoms with Gasteiger partial charge in [0.1, 0.15) is 0 Å². The molecule has 20 heavy (non-hydrogen) atoms. The molecule has 0 radical (unpaired) electrons. The number of nitrogens with two attached hydrogens (primary N) is 1. The van der Waals surface area contributed by atoms with Gasteiger partial charge in [0.15, 0.2) is 0 Å². The minimum atomic E-state index is 0.416. The highest BCUT2D eigenvalue weighted by atomic mass is 15.3. The molecule has 2 fully saturated rings. The van der Waals surface area contributed by atoms with Crippen LogP contribution in [0.2, 0.25) is 0 Å². The molecule has 1 aromatic heterocycles. The van der Waals surface area contributed by atoms with Gasteiger partial charge >= 0.3 is 0 Å². The standard InChI is InChI=1S/C15H25N5/c16-14-5-2-1-4-13(14)12-19-8-10-20(11-9-19)15-17-6-3-7-18-15/h3,6-7,13-14H,1-2,4-5,8-12,16H2. The van der Waals surface area contributed by atoms with Crippen LogP contribution in [0.1, 0.15) is 25.7 Å². The lowest BCUT2D eigenvalue weighted by Gasteiger charge is -2.38. The van der Waals surface area contributed by atoms with Crippen molar-refractivity contribution in [1.82, 2.24) is 14.9 Å². The monoisotopic (exact) mass is 275 g/mol. The Kier molecular flexibility index (Phi) is 4.47. The molecule has 2 N–H and O–H groups in total. The summed E-state index contributed by atoms with van der Waals surface area (Å²) < 4.78 is 0. The summed E-state index contributed by atoms with van der Waals surface area (Å²) in [7, 11) is 0. The van der Waals surface area contributed by atoms with Gasteiger partial charge in [0, 0.05) is 51.2 Å². The van der Waals surface area contributed by atoms with Crippen molar-refractivity contribution in [1.29, 1.82) is 0 Å². The molecule has 110 valence electrons.